The van der Waals surface area contributed by atoms with E-state index in [0.717, 1.165) is 38.5 Å². The highest BCUT2D eigenvalue weighted by Gasteiger charge is 2.35. The van der Waals surface area contributed by atoms with E-state index >= 15 is 0 Å². The van der Waals surface area contributed by atoms with Crippen molar-refractivity contribution >= 4 is 33.6 Å². The largest absolute Gasteiger partial charge is 0.480 e. The van der Waals surface area contributed by atoms with Crippen LogP contribution in [0.15, 0.2) is 72.9 Å². The number of anilines is 1. The van der Waals surface area contributed by atoms with E-state index in [9.17, 15) is 14.3 Å². The van der Waals surface area contributed by atoms with Gasteiger partial charge in [0.1, 0.15) is 17.2 Å². The van der Waals surface area contributed by atoms with Crippen molar-refractivity contribution < 1.29 is 14.3 Å². The van der Waals surface area contributed by atoms with Crippen LogP contribution in [-0.2, 0) is 11.2 Å². The summed E-state index contributed by atoms with van der Waals surface area (Å²) in [6.07, 6.45) is 2.03. The van der Waals surface area contributed by atoms with E-state index in [0.29, 0.717) is 11.3 Å². The van der Waals surface area contributed by atoms with Gasteiger partial charge in [-0.15, -0.1) is 0 Å². The molecule has 3 aromatic carbocycles. The molecule has 0 aliphatic heterocycles. The monoisotopic (exact) mass is 482 g/mol. The maximum atomic E-state index is 13.8. The van der Waals surface area contributed by atoms with Gasteiger partial charge in [-0.25, -0.2) is 14.2 Å². The van der Waals surface area contributed by atoms with E-state index in [1.54, 1.807) is 25.3 Å². The maximum Gasteiger partial charge on any atom is 0.329 e. The molecule has 3 N–H and O–H groups in total. The number of fused-ring (bicyclic) bond motifs is 2. The van der Waals surface area contributed by atoms with Gasteiger partial charge in [0, 0.05) is 22.8 Å². The van der Waals surface area contributed by atoms with Crippen molar-refractivity contribution in [2.24, 2.45) is 0 Å². The minimum atomic E-state index is -1.32. The van der Waals surface area contributed by atoms with Gasteiger partial charge in [-0.05, 0) is 53.8 Å². The summed E-state index contributed by atoms with van der Waals surface area (Å²) >= 11 is 0. The molecule has 2 heterocycles. The molecule has 5 aromatic rings. The molecule has 1 atom stereocenters. The summed E-state index contributed by atoms with van der Waals surface area (Å²) < 4.78 is 13.8. The topological polar surface area (TPSA) is 90.9 Å². The molecule has 0 saturated carbocycles. The molecule has 1 unspecified atom stereocenters. The standard InChI is InChI=1S/C29H27FN4O2/c1-17(2)25-26(19-9-11-21(30)12-10-19)22-13-20-16-31-34-23(20)14-24(22)32-27(25)33-29(3,28(35)36)15-18-7-5-4-6-8-18/h4-14,16-17H,15H2,1-3H3,(H,31,34)(H,32,33)(H,35,36). The number of halogens is 1. The molecular formula is C29H27FN4O2. The number of pyridine rings is 1. The summed E-state index contributed by atoms with van der Waals surface area (Å²) in [7, 11) is 0. The average molecular weight is 483 g/mol. The fourth-order valence-corrected chi connectivity index (χ4v) is 4.74. The summed E-state index contributed by atoms with van der Waals surface area (Å²) in [5.41, 5.74) is 3.70. The second-order valence-electron chi connectivity index (χ2n) is 9.66. The number of hydrogen-bond donors (Lipinski definition) is 3. The van der Waals surface area contributed by atoms with Gasteiger partial charge in [0.2, 0.25) is 0 Å². The van der Waals surface area contributed by atoms with Crippen molar-refractivity contribution in [1.82, 2.24) is 15.2 Å². The zero-order chi connectivity index (χ0) is 25.4. The van der Waals surface area contributed by atoms with Crippen LogP contribution in [0.25, 0.3) is 32.9 Å². The third-order valence-electron chi connectivity index (χ3n) is 6.56. The molecule has 0 saturated heterocycles. The SMILES string of the molecule is CC(C)c1c(NC(C)(Cc2ccccc2)C(=O)O)nc2cc3[nH]ncc3cc2c1-c1ccc(F)cc1. The van der Waals surface area contributed by atoms with E-state index in [1.807, 2.05) is 56.3 Å². The van der Waals surface area contributed by atoms with Crippen LogP contribution in [0, 0.1) is 5.82 Å². The van der Waals surface area contributed by atoms with Crippen molar-refractivity contribution in [2.75, 3.05) is 5.32 Å². The number of rotatable bonds is 7. The molecule has 0 radical (unpaired) electrons. The number of H-pyrrole nitrogens is 1. The van der Waals surface area contributed by atoms with Crippen LogP contribution in [0.5, 0.6) is 0 Å². The summed E-state index contributed by atoms with van der Waals surface area (Å²) in [5, 5.41) is 22.5. The van der Waals surface area contributed by atoms with Crippen LogP contribution >= 0.6 is 0 Å². The molecule has 0 amide bonds. The molecule has 7 heteroatoms. The Balaban J connectivity index is 1.76. The zero-order valence-corrected chi connectivity index (χ0v) is 20.3. The normalized spacial score (nSPS) is 13.2. The minimum absolute atomic E-state index is 0.000676. The summed E-state index contributed by atoms with van der Waals surface area (Å²) in [6, 6.07) is 19.8. The Labute approximate surface area is 208 Å². The summed E-state index contributed by atoms with van der Waals surface area (Å²) in [5.74, 6) is -0.800. The second kappa shape index (κ2) is 9.07. The Morgan fingerprint density at radius 1 is 1.11 bits per heavy atom. The van der Waals surface area contributed by atoms with Gasteiger partial charge in [0.25, 0.3) is 0 Å². The molecule has 6 nitrogen and oxygen atoms in total. The lowest BCUT2D eigenvalue weighted by molar-refractivity contribution is -0.141. The highest BCUT2D eigenvalue weighted by molar-refractivity contribution is 6.05. The number of aromatic nitrogens is 3. The van der Waals surface area contributed by atoms with Crippen molar-refractivity contribution in [1.29, 1.82) is 0 Å². The van der Waals surface area contributed by atoms with Crippen LogP contribution in [0.4, 0.5) is 10.2 Å². The molecule has 5 rings (SSSR count). The van der Waals surface area contributed by atoms with Gasteiger partial charge in [-0.2, -0.15) is 5.10 Å². The van der Waals surface area contributed by atoms with E-state index in [4.69, 9.17) is 4.98 Å². The molecule has 0 spiro atoms. The molecule has 0 fully saturated rings. The van der Waals surface area contributed by atoms with Gasteiger partial charge >= 0.3 is 5.97 Å². The quantitative estimate of drug-likeness (QED) is 0.245. The van der Waals surface area contributed by atoms with Crippen molar-refractivity contribution in [3.63, 3.8) is 0 Å². The lowest BCUT2D eigenvalue weighted by atomic mass is 9.87. The Bertz CT molecular complexity index is 1560. The smallest absolute Gasteiger partial charge is 0.329 e. The van der Waals surface area contributed by atoms with Crippen molar-refractivity contribution in [2.45, 2.75) is 38.6 Å². The van der Waals surface area contributed by atoms with Gasteiger partial charge in [0.15, 0.2) is 0 Å². The summed E-state index contributed by atoms with van der Waals surface area (Å²) in [4.78, 5) is 17.5. The van der Waals surface area contributed by atoms with Gasteiger partial charge in [-0.3, -0.25) is 5.10 Å². The highest BCUT2D eigenvalue weighted by Crippen LogP contribution is 2.41. The number of aromatic amines is 1. The van der Waals surface area contributed by atoms with Gasteiger partial charge in [0.05, 0.1) is 17.2 Å². The first-order valence-electron chi connectivity index (χ1n) is 11.9. The van der Waals surface area contributed by atoms with Crippen LogP contribution in [0.3, 0.4) is 0 Å². The number of nitrogens with zero attached hydrogens (tertiary/aromatic N) is 2. The van der Waals surface area contributed by atoms with Crippen LogP contribution in [-0.4, -0.2) is 31.8 Å². The van der Waals surface area contributed by atoms with E-state index in [-0.39, 0.29) is 18.2 Å². The molecular weight excluding hydrogens is 455 g/mol. The Morgan fingerprint density at radius 3 is 2.50 bits per heavy atom. The van der Waals surface area contributed by atoms with Crippen LogP contribution in [0.1, 0.15) is 37.8 Å². The predicted molar refractivity (Wildman–Crippen MR) is 141 cm³/mol. The molecule has 2 aromatic heterocycles. The fraction of sp³-hybridized carbons (Fsp3) is 0.207. The van der Waals surface area contributed by atoms with Gasteiger partial charge < -0.3 is 10.4 Å². The first-order valence-corrected chi connectivity index (χ1v) is 11.9. The Kier molecular flexibility index (Phi) is 5.92. The van der Waals surface area contributed by atoms with Crippen LogP contribution in [0.2, 0.25) is 0 Å². The fourth-order valence-electron chi connectivity index (χ4n) is 4.74. The second-order valence-corrected chi connectivity index (χ2v) is 9.66. The Morgan fingerprint density at radius 2 is 1.83 bits per heavy atom. The van der Waals surface area contributed by atoms with E-state index < -0.39 is 11.5 Å². The third kappa shape index (κ3) is 4.28. The van der Waals surface area contributed by atoms with Gasteiger partial charge in [-0.1, -0.05) is 56.3 Å². The third-order valence-corrected chi connectivity index (χ3v) is 6.56. The highest BCUT2D eigenvalue weighted by atomic mass is 19.1. The van der Waals surface area contributed by atoms with Crippen molar-refractivity contribution in [3.8, 4) is 11.1 Å². The van der Waals surface area contributed by atoms with E-state index in [2.05, 4.69) is 15.5 Å². The minimum Gasteiger partial charge on any atom is -0.480 e. The number of carboxylic acids is 1. The molecule has 0 aliphatic rings. The summed E-state index contributed by atoms with van der Waals surface area (Å²) in [6.45, 7) is 5.77. The van der Waals surface area contributed by atoms with Crippen molar-refractivity contribution in [3.05, 3.63) is 89.9 Å². The molecule has 0 bridgehead atoms. The number of carboxylic acid groups (broad SMARTS) is 1. The lowest BCUT2D eigenvalue weighted by Crippen LogP contribution is -2.46. The molecule has 0 aliphatic carbocycles. The van der Waals surface area contributed by atoms with E-state index in [1.165, 1.54) is 12.1 Å². The lowest BCUT2D eigenvalue weighted by Gasteiger charge is -2.30. The maximum absolute atomic E-state index is 13.8. The number of hydrogen-bond acceptors (Lipinski definition) is 4. The predicted octanol–water partition coefficient (Wildman–Crippen LogP) is 6.54. The Hall–Kier alpha value is -4.26. The number of nitrogens with one attached hydrogen (secondary N) is 2. The molecule has 36 heavy (non-hydrogen) atoms. The first-order chi connectivity index (χ1) is 17.2. The first kappa shape index (κ1) is 23.5. The zero-order valence-electron chi connectivity index (χ0n) is 20.3. The number of carbonyl (C=O) groups is 1. The average Bonchev–Trinajstić information content (AvgIpc) is 3.30. The number of aliphatic carboxylic acids is 1. The van der Waals surface area contributed by atoms with Crippen LogP contribution < -0.4 is 5.32 Å². The molecule has 182 valence electrons. The number of benzene rings is 3.